The van der Waals surface area contributed by atoms with Crippen LogP contribution in [0.2, 0.25) is 0 Å². The molecule has 0 aliphatic rings. The van der Waals surface area contributed by atoms with Crippen molar-refractivity contribution in [3.05, 3.63) is 39.9 Å². The number of hydrogen-bond donors (Lipinski definition) is 1. The van der Waals surface area contributed by atoms with Gasteiger partial charge in [-0.3, -0.25) is 14.9 Å². The summed E-state index contributed by atoms with van der Waals surface area (Å²) >= 11 is 0. The van der Waals surface area contributed by atoms with Gasteiger partial charge in [-0.25, -0.2) is 15.2 Å². The van der Waals surface area contributed by atoms with Gasteiger partial charge in [-0.05, 0) is 47.6 Å². The molecule has 0 unspecified atom stereocenters. The summed E-state index contributed by atoms with van der Waals surface area (Å²) in [5.41, 5.74) is 0.368. The molecule has 1 rings (SSSR count). The van der Waals surface area contributed by atoms with Gasteiger partial charge in [0.15, 0.2) is 0 Å². The highest BCUT2D eigenvalue weighted by Gasteiger charge is 2.34. The standard InChI is InChI=1S/C16H23N3O5/c1-15(2,3)18(17-14(21)24-16(4,5)6)13(20)11-9-7-8-10-12(11)19(22)23/h7-10H,1-6H3,(H,17,21). The van der Waals surface area contributed by atoms with E-state index in [2.05, 4.69) is 5.43 Å². The third-order valence-electron chi connectivity index (χ3n) is 2.81. The molecule has 0 saturated heterocycles. The van der Waals surface area contributed by atoms with E-state index in [1.165, 1.54) is 24.3 Å². The molecule has 0 heterocycles. The van der Waals surface area contributed by atoms with Gasteiger partial charge >= 0.3 is 6.09 Å². The van der Waals surface area contributed by atoms with Gasteiger partial charge in [-0.2, -0.15) is 0 Å². The predicted octanol–water partition coefficient (Wildman–Crippen LogP) is 3.28. The fraction of sp³-hybridized carbons (Fsp3) is 0.500. The highest BCUT2D eigenvalue weighted by Crippen LogP contribution is 2.23. The van der Waals surface area contributed by atoms with Crippen LogP contribution in [0.3, 0.4) is 0 Å². The van der Waals surface area contributed by atoms with E-state index >= 15 is 0 Å². The second-order valence-corrected chi connectivity index (χ2v) is 7.20. The van der Waals surface area contributed by atoms with Gasteiger partial charge in [0.05, 0.1) is 10.5 Å². The van der Waals surface area contributed by atoms with Gasteiger partial charge in [-0.1, -0.05) is 12.1 Å². The molecule has 0 aromatic heterocycles. The molecular weight excluding hydrogens is 314 g/mol. The van der Waals surface area contributed by atoms with Gasteiger partial charge < -0.3 is 4.74 Å². The lowest BCUT2D eigenvalue weighted by atomic mass is 10.1. The number of nitrogens with one attached hydrogen (secondary N) is 1. The van der Waals surface area contributed by atoms with Gasteiger partial charge in [-0.15, -0.1) is 0 Å². The van der Waals surface area contributed by atoms with Crippen molar-refractivity contribution in [1.29, 1.82) is 0 Å². The van der Waals surface area contributed by atoms with Gasteiger partial charge in [0.25, 0.3) is 11.6 Å². The van der Waals surface area contributed by atoms with Crippen LogP contribution >= 0.6 is 0 Å². The minimum atomic E-state index is -0.822. The zero-order valence-electron chi connectivity index (χ0n) is 14.7. The summed E-state index contributed by atoms with van der Waals surface area (Å²) in [6.45, 7) is 10.2. The Morgan fingerprint density at radius 3 is 2.12 bits per heavy atom. The molecule has 0 saturated carbocycles. The van der Waals surface area contributed by atoms with Crippen molar-refractivity contribution in [1.82, 2.24) is 10.4 Å². The Morgan fingerprint density at radius 1 is 1.12 bits per heavy atom. The maximum Gasteiger partial charge on any atom is 0.426 e. The quantitative estimate of drug-likeness (QED) is 0.659. The summed E-state index contributed by atoms with van der Waals surface area (Å²) in [5, 5.41) is 12.2. The first kappa shape index (κ1) is 19.4. The largest absolute Gasteiger partial charge is 0.443 e. The number of hydrazine groups is 1. The maximum absolute atomic E-state index is 12.8. The van der Waals surface area contributed by atoms with Gasteiger partial charge in [0.2, 0.25) is 0 Å². The van der Waals surface area contributed by atoms with Crippen molar-refractivity contribution in [2.75, 3.05) is 0 Å². The van der Waals surface area contributed by atoms with Gasteiger partial charge in [0, 0.05) is 6.07 Å². The number of hydrogen-bond acceptors (Lipinski definition) is 5. The van der Waals surface area contributed by atoms with Crippen LogP contribution in [0.1, 0.15) is 51.9 Å². The summed E-state index contributed by atoms with van der Waals surface area (Å²) in [6.07, 6.45) is -0.815. The molecule has 0 spiro atoms. The SMILES string of the molecule is CC(C)(C)OC(=O)NN(C(=O)c1ccccc1[N+](=O)[O-])C(C)(C)C. The number of nitro groups is 1. The molecule has 0 aliphatic carbocycles. The maximum atomic E-state index is 12.8. The van der Waals surface area contributed by atoms with Crippen LogP contribution in [0.25, 0.3) is 0 Å². The van der Waals surface area contributed by atoms with Crippen LogP contribution in [0.5, 0.6) is 0 Å². The number of benzene rings is 1. The van der Waals surface area contributed by atoms with Crippen molar-refractivity contribution >= 4 is 17.7 Å². The average Bonchev–Trinajstić information content (AvgIpc) is 2.41. The van der Waals surface area contributed by atoms with Crippen LogP contribution in [-0.2, 0) is 4.74 Å². The van der Waals surface area contributed by atoms with Crippen LogP contribution in [0, 0.1) is 10.1 Å². The topological polar surface area (TPSA) is 102 Å². The molecule has 8 heteroatoms. The van der Waals surface area contributed by atoms with E-state index in [1.807, 2.05) is 0 Å². The van der Waals surface area contributed by atoms with Crippen LogP contribution in [0.15, 0.2) is 24.3 Å². The fourth-order valence-electron chi connectivity index (χ4n) is 1.85. The molecule has 24 heavy (non-hydrogen) atoms. The molecule has 1 N–H and O–H groups in total. The van der Waals surface area contributed by atoms with E-state index in [0.717, 1.165) is 5.01 Å². The smallest absolute Gasteiger partial charge is 0.426 e. The fourth-order valence-corrected chi connectivity index (χ4v) is 1.85. The molecule has 0 aliphatic heterocycles. The minimum Gasteiger partial charge on any atom is -0.443 e. The van der Waals surface area contributed by atoms with E-state index in [1.54, 1.807) is 41.5 Å². The monoisotopic (exact) mass is 337 g/mol. The van der Waals surface area contributed by atoms with Crippen molar-refractivity contribution < 1.29 is 19.2 Å². The molecule has 1 aromatic carbocycles. The van der Waals surface area contributed by atoms with E-state index in [4.69, 9.17) is 4.74 Å². The summed E-state index contributed by atoms with van der Waals surface area (Å²) in [7, 11) is 0. The second kappa shape index (κ2) is 6.86. The van der Waals surface area contributed by atoms with Crippen LogP contribution < -0.4 is 5.43 Å². The Morgan fingerprint density at radius 2 is 1.67 bits per heavy atom. The molecule has 1 aromatic rings. The number of carbonyl (C=O) groups excluding carboxylic acids is 2. The van der Waals surface area contributed by atoms with Crippen molar-refractivity contribution in [2.24, 2.45) is 0 Å². The van der Waals surface area contributed by atoms with E-state index < -0.39 is 28.1 Å². The third-order valence-corrected chi connectivity index (χ3v) is 2.81. The van der Waals surface area contributed by atoms with E-state index in [0.29, 0.717) is 0 Å². The third kappa shape index (κ3) is 5.22. The molecule has 0 fully saturated rings. The Hall–Kier alpha value is -2.64. The first-order valence-electron chi connectivity index (χ1n) is 7.40. The zero-order chi connectivity index (χ0) is 18.7. The zero-order valence-corrected chi connectivity index (χ0v) is 14.7. The second-order valence-electron chi connectivity index (χ2n) is 7.20. The van der Waals surface area contributed by atoms with Crippen molar-refractivity contribution in [2.45, 2.75) is 52.7 Å². The number of para-hydroxylation sites is 1. The number of ether oxygens (including phenoxy) is 1. The Balaban J connectivity index is 3.17. The number of nitrogens with zero attached hydrogens (tertiary/aromatic N) is 2. The molecule has 8 nitrogen and oxygen atoms in total. The first-order chi connectivity index (χ1) is 10.8. The Bertz CT molecular complexity index is 644. The summed E-state index contributed by atoms with van der Waals surface area (Å²) in [5.74, 6) is -0.694. The molecular formula is C16H23N3O5. The summed E-state index contributed by atoms with van der Waals surface area (Å²) < 4.78 is 5.15. The summed E-state index contributed by atoms with van der Waals surface area (Å²) in [6, 6.07) is 5.57. The molecule has 0 radical (unpaired) electrons. The Labute approximate surface area is 140 Å². The van der Waals surface area contributed by atoms with E-state index in [9.17, 15) is 19.7 Å². The van der Waals surface area contributed by atoms with Crippen molar-refractivity contribution in [3.8, 4) is 0 Å². The number of amides is 2. The van der Waals surface area contributed by atoms with Crippen LogP contribution in [0.4, 0.5) is 10.5 Å². The minimum absolute atomic E-state index is 0.117. The molecule has 0 bridgehead atoms. The number of carbonyl (C=O) groups is 2. The summed E-state index contributed by atoms with van der Waals surface area (Å²) in [4.78, 5) is 35.3. The first-order valence-corrected chi connectivity index (χ1v) is 7.40. The normalized spacial score (nSPS) is 11.6. The molecule has 2 amide bonds. The van der Waals surface area contributed by atoms with Crippen LogP contribution in [-0.4, -0.2) is 33.1 Å². The highest BCUT2D eigenvalue weighted by molar-refractivity contribution is 5.99. The average molecular weight is 337 g/mol. The number of rotatable bonds is 2. The molecule has 132 valence electrons. The lowest BCUT2D eigenvalue weighted by Gasteiger charge is -2.35. The molecule has 0 atom stereocenters. The predicted molar refractivity (Wildman–Crippen MR) is 88.4 cm³/mol. The lowest BCUT2D eigenvalue weighted by Crippen LogP contribution is -2.56. The van der Waals surface area contributed by atoms with Gasteiger partial charge in [0.1, 0.15) is 11.2 Å². The number of nitro benzene ring substituents is 1. The van der Waals surface area contributed by atoms with Crippen molar-refractivity contribution in [3.63, 3.8) is 0 Å². The van der Waals surface area contributed by atoms with E-state index in [-0.39, 0.29) is 11.3 Å². The Kier molecular flexibility index (Phi) is 5.54. The lowest BCUT2D eigenvalue weighted by molar-refractivity contribution is -0.385. The highest BCUT2D eigenvalue weighted by atomic mass is 16.6.